The molecule has 28 nitrogen and oxygen atoms in total. The third-order valence-electron chi connectivity index (χ3n) is 11.1. The Morgan fingerprint density at radius 3 is 1.81 bits per heavy atom. The van der Waals surface area contributed by atoms with Gasteiger partial charge in [0.25, 0.3) is 11.8 Å². The number of piperidine rings is 2. The Labute approximate surface area is 388 Å². The third-order valence-corrected chi connectivity index (χ3v) is 11.8. The maximum atomic E-state index is 12.9. The summed E-state index contributed by atoms with van der Waals surface area (Å²) >= 11 is 0. The number of hydroxylamine groups is 6. The van der Waals surface area contributed by atoms with Crippen molar-refractivity contribution in [2.24, 2.45) is 14.1 Å². The van der Waals surface area contributed by atoms with Crippen LogP contribution < -0.4 is 45.8 Å². The topological polar surface area (TPSA) is 331 Å². The van der Waals surface area contributed by atoms with E-state index in [1.54, 1.807) is 49.6 Å². The summed E-state index contributed by atoms with van der Waals surface area (Å²) in [5.41, 5.74) is 7.30. The van der Waals surface area contributed by atoms with Crippen molar-refractivity contribution in [3.8, 4) is 0 Å². The first-order valence-corrected chi connectivity index (χ1v) is 22.3. The van der Waals surface area contributed by atoms with E-state index in [2.05, 4.69) is 35.0 Å². The standard InChI is InChI=1S/C19H28N6O9S.C14H20N6O7S.Na/c1-19(2,3)32-18(28)23-9-14-12(7-20-22(14)4)15(10-23)33-21-16(26)13-6-5-11-8-24(13)17(27)25(11)34-35(29,30)31;1-18-11-5-15-6-12(9(11)4-16-18)26-17-13(21)10-3-2-8-7-19(10)14(22)20(8)27-28(23,24)25;/h7,11,13,15H,5-6,8-10H2,1-4H3,(H,21,26)(H,29,30,31);4,8,10,12,15H,2-3,5-7H2,1H3,(H,17,21)(H,23,24,25);/q;;+1/p-1/t11-,13+,15?;8-,10+,12?;/m11./s1. The smallest absolute Gasteiger partial charge is 0.724 e. The van der Waals surface area contributed by atoms with Crippen LogP contribution in [0.1, 0.15) is 81.2 Å². The molecule has 4 bridgehead atoms. The maximum Gasteiger partial charge on any atom is 1.00 e. The van der Waals surface area contributed by atoms with Gasteiger partial charge in [0.1, 0.15) is 29.9 Å². The van der Waals surface area contributed by atoms with Gasteiger partial charge in [-0.05, 0) is 46.5 Å². The Morgan fingerprint density at radius 1 is 0.797 bits per heavy atom. The van der Waals surface area contributed by atoms with Gasteiger partial charge in [0, 0.05) is 51.4 Å². The summed E-state index contributed by atoms with van der Waals surface area (Å²) in [6, 6.07) is -4.69. The molecule has 31 heteroatoms. The Hall–Kier alpha value is -4.21. The minimum atomic E-state index is -5.08. The van der Waals surface area contributed by atoms with Crippen molar-refractivity contribution in [1.29, 1.82) is 0 Å². The largest absolute Gasteiger partial charge is 1.00 e. The fourth-order valence-electron chi connectivity index (χ4n) is 8.15. The molecular formula is C33H47N12NaO16S2. The predicted octanol–water partition coefficient (Wildman–Crippen LogP) is -4.46. The molecular weight excluding hydrogens is 908 g/mol. The number of rotatable bonds is 10. The van der Waals surface area contributed by atoms with Crippen molar-refractivity contribution in [2.75, 3.05) is 26.2 Å². The van der Waals surface area contributed by atoms with Gasteiger partial charge < -0.3 is 24.4 Å². The number of fused-ring (bicyclic) bond motifs is 6. The Kier molecular flexibility index (Phi) is 14.6. The molecule has 64 heavy (non-hydrogen) atoms. The zero-order valence-corrected chi connectivity index (χ0v) is 39.2. The van der Waals surface area contributed by atoms with E-state index in [1.807, 2.05) is 7.05 Å². The normalized spacial score (nSPS) is 25.2. The van der Waals surface area contributed by atoms with E-state index in [0.717, 1.165) is 21.9 Å². The second-order valence-electron chi connectivity index (χ2n) is 16.5. The minimum Gasteiger partial charge on any atom is -0.724 e. The summed E-state index contributed by atoms with van der Waals surface area (Å²) in [4.78, 5) is 78.0. The number of hydrogen-bond acceptors (Lipinski definition) is 18. The van der Waals surface area contributed by atoms with Gasteiger partial charge in [0.15, 0.2) is 0 Å². The molecule has 0 aliphatic carbocycles. The van der Waals surface area contributed by atoms with E-state index in [1.165, 1.54) is 9.80 Å². The first kappa shape index (κ1) is 49.2. The molecule has 0 spiro atoms. The van der Waals surface area contributed by atoms with Gasteiger partial charge in [0.2, 0.25) is 10.4 Å². The number of amides is 7. The molecule has 6 aliphatic heterocycles. The third kappa shape index (κ3) is 10.9. The van der Waals surface area contributed by atoms with Gasteiger partial charge >= 0.3 is 58.1 Å². The Bertz CT molecular complexity index is 2360. The zero-order chi connectivity index (χ0) is 45.8. The molecule has 0 aromatic carbocycles. The van der Waals surface area contributed by atoms with Crippen LogP contribution in [-0.2, 0) is 80.6 Å². The summed E-state index contributed by atoms with van der Waals surface area (Å²) in [5, 5.41) is 12.7. The molecule has 7 amide bonds. The fourth-order valence-corrected chi connectivity index (χ4v) is 8.92. The van der Waals surface area contributed by atoms with Crippen LogP contribution in [0.4, 0.5) is 14.4 Å². The molecule has 0 saturated carbocycles. The van der Waals surface area contributed by atoms with E-state index in [4.69, 9.17) is 19.0 Å². The van der Waals surface area contributed by atoms with Gasteiger partial charge in [-0.25, -0.2) is 33.8 Å². The Morgan fingerprint density at radius 2 is 1.30 bits per heavy atom. The second-order valence-corrected chi connectivity index (χ2v) is 18.4. The SMILES string of the molecule is Cn1ncc2c1CN(C(=O)OC(C)(C)C)CC2ONC(=O)[C@@H]1CC[C@@H]2CN1C(=O)N2OS(=O)(=O)O.Cn1ncc2c1CNCC2ONC(=O)[C@@H]1CC[C@@H]2CN1C(=O)N2OS(=O)(=O)[O-].[Na+]. The van der Waals surface area contributed by atoms with Gasteiger partial charge in [-0.1, -0.05) is 0 Å². The van der Waals surface area contributed by atoms with Crippen molar-refractivity contribution < 1.29 is 102 Å². The molecule has 6 aliphatic rings. The van der Waals surface area contributed by atoms with Crippen LogP contribution in [0.25, 0.3) is 0 Å². The van der Waals surface area contributed by atoms with Crippen LogP contribution in [0.5, 0.6) is 0 Å². The first-order valence-electron chi connectivity index (χ1n) is 19.6. The number of nitrogens with one attached hydrogen (secondary N) is 3. The number of nitrogens with zero attached hydrogens (tertiary/aromatic N) is 9. The average molecular weight is 955 g/mol. The summed E-state index contributed by atoms with van der Waals surface area (Å²) in [6.45, 7) is 6.89. The number of carbonyl (C=O) groups excluding carboxylic acids is 5. The zero-order valence-electron chi connectivity index (χ0n) is 35.6. The molecule has 4 fully saturated rings. The molecule has 4 N–H and O–H groups in total. The van der Waals surface area contributed by atoms with Crippen molar-refractivity contribution >= 4 is 50.8 Å². The van der Waals surface area contributed by atoms with Crippen molar-refractivity contribution in [2.45, 2.75) is 102 Å². The quantitative estimate of drug-likeness (QED) is 0.0755. The molecule has 2 aromatic heterocycles. The minimum absolute atomic E-state index is 0. The molecule has 4 saturated heterocycles. The van der Waals surface area contributed by atoms with Gasteiger partial charge in [-0.3, -0.25) is 38.1 Å². The van der Waals surface area contributed by atoms with Gasteiger partial charge in [-0.2, -0.15) is 33.0 Å². The summed E-state index contributed by atoms with van der Waals surface area (Å²) in [6.07, 6.45) is 2.66. The number of aromatic nitrogens is 4. The van der Waals surface area contributed by atoms with E-state index in [9.17, 15) is 45.4 Å². The summed E-state index contributed by atoms with van der Waals surface area (Å²) in [7, 11) is -6.43. The van der Waals surface area contributed by atoms with E-state index in [-0.39, 0.29) is 75.0 Å². The van der Waals surface area contributed by atoms with Crippen LogP contribution in [-0.4, -0.2) is 156 Å². The molecule has 2 unspecified atom stereocenters. The number of ether oxygens (including phenoxy) is 1. The Balaban J connectivity index is 0.000000214. The van der Waals surface area contributed by atoms with Crippen LogP contribution in [0.15, 0.2) is 12.4 Å². The van der Waals surface area contributed by atoms with E-state index in [0.29, 0.717) is 35.2 Å². The fraction of sp³-hybridized carbons (Fsp3) is 0.667. The van der Waals surface area contributed by atoms with Gasteiger partial charge in [0.05, 0.1) is 49.0 Å². The number of urea groups is 2. The molecule has 2 aromatic rings. The van der Waals surface area contributed by atoms with Crippen LogP contribution >= 0.6 is 0 Å². The molecule has 8 rings (SSSR count). The van der Waals surface area contributed by atoms with Crippen molar-refractivity contribution in [3.05, 3.63) is 34.9 Å². The summed E-state index contributed by atoms with van der Waals surface area (Å²) < 4.78 is 80.8. The van der Waals surface area contributed by atoms with Gasteiger partial charge in [-0.15, -0.1) is 4.28 Å². The molecule has 0 radical (unpaired) electrons. The predicted molar refractivity (Wildman–Crippen MR) is 204 cm³/mol. The van der Waals surface area contributed by atoms with Crippen LogP contribution in [0.3, 0.4) is 0 Å². The van der Waals surface area contributed by atoms with Crippen LogP contribution in [0, 0.1) is 0 Å². The van der Waals surface area contributed by atoms with Crippen LogP contribution in [0.2, 0.25) is 0 Å². The molecule has 6 atom stereocenters. The second kappa shape index (κ2) is 18.9. The van der Waals surface area contributed by atoms with Crippen molar-refractivity contribution in [1.82, 2.24) is 60.7 Å². The monoisotopic (exact) mass is 954 g/mol. The first-order chi connectivity index (χ1) is 29.5. The maximum absolute atomic E-state index is 12.9. The molecule has 348 valence electrons. The molecule has 8 heterocycles. The van der Waals surface area contributed by atoms with Crippen molar-refractivity contribution in [3.63, 3.8) is 0 Å². The number of carbonyl (C=O) groups is 5. The number of hydrogen-bond donors (Lipinski definition) is 4. The van der Waals surface area contributed by atoms with E-state index < -0.39 is 92.7 Å². The van der Waals surface area contributed by atoms with E-state index >= 15 is 0 Å². The number of aryl methyl sites for hydroxylation is 2. The summed E-state index contributed by atoms with van der Waals surface area (Å²) in [5.74, 6) is -1.15. The average Bonchev–Trinajstić information content (AvgIpc) is 3.91.